The highest BCUT2D eigenvalue weighted by Crippen LogP contribution is 2.32. The lowest BCUT2D eigenvalue weighted by molar-refractivity contribution is 0.0677. The van der Waals surface area contributed by atoms with Gasteiger partial charge in [-0.3, -0.25) is 4.68 Å². The van der Waals surface area contributed by atoms with Gasteiger partial charge in [-0.1, -0.05) is 6.92 Å². The fourth-order valence-corrected chi connectivity index (χ4v) is 2.44. The van der Waals surface area contributed by atoms with E-state index in [4.69, 9.17) is 5.11 Å². The third kappa shape index (κ3) is 2.10. The van der Waals surface area contributed by atoms with Crippen LogP contribution in [0.15, 0.2) is 6.07 Å². The van der Waals surface area contributed by atoms with Gasteiger partial charge in [-0.05, 0) is 44.6 Å². The van der Waals surface area contributed by atoms with Crippen LogP contribution in [0.1, 0.15) is 54.8 Å². The normalized spacial score (nSPS) is 25.6. The van der Waals surface area contributed by atoms with Crippen molar-refractivity contribution in [1.82, 2.24) is 9.78 Å². The maximum atomic E-state index is 11.1. The Labute approximate surface area is 95.3 Å². The molecule has 1 aromatic heterocycles. The second-order valence-corrected chi connectivity index (χ2v) is 4.83. The van der Waals surface area contributed by atoms with Gasteiger partial charge in [0.15, 0.2) is 0 Å². The van der Waals surface area contributed by atoms with Crippen LogP contribution >= 0.6 is 0 Å². The SMILES string of the molecule is Cc1cc(C(=O)O)n(C2CCC(C)CC2)n1. The van der Waals surface area contributed by atoms with Gasteiger partial charge in [0.05, 0.1) is 11.7 Å². The van der Waals surface area contributed by atoms with E-state index in [-0.39, 0.29) is 6.04 Å². The molecule has 0 bridgehead atoms. The van der Waals surface area contributed by atoms with Gasteiger partial charge in [0, 0.05) is 0 Å². The van der Waals surface area contributed by atoms with Crippen LogP contribution in [0, 0.1) is 12.8 Å². The molecule has 1 N–H and O–H groups in total. The number of aromatic carboxylic acids is 1. The molecule has 0 spiro atoms. The van der Waals surface area contributed by atoms with Gasteiger partial charge in [-0.2, -0.15) is 5.10 Å². The first kappa shape index (κ1) is 11.2. The van der Waals surface area contributed by atoms with E-state index in [1.54, 1.807) is 10.7 Å². The average molecular weight is 222 g/mol. The molecule has 0 amide bonds. The average Bonchev–Trinajstić information content (AvgIpc) is 2.61. The predicted octanol–water partition coefficient (Wildman–Crippen LogP) is 2.64. The zero-order chi connectivity index (χ0) is 11.7. The van der Waals surface area contributed by atoms with Crippen LogP contribution < -0.4 is 0 Å². The van der Waals surface area contributed by atoms with E-state index in [0.29, 0.717) is 5.69 Å². The van der Waals surface area contributed by atoms with Crippen molar-refractivity contribution >= 4 is 5.97 Å². The highest BCUT2D eigenvalue weighted by molar-refractivity contribution is 5.85. The molecule has 4 nitrogen and oxygen atoms in total. The van der Waals surface area contributed by atoms with Crippen molar-refractivity contribution in [3.63, 3.8) is 0 Å². The molecule has 4 heteroatoms. The topological polar surface area (TPSA) is 55.1 Å². The van der Waals surface area contributed by atoms with Crippen LogP contribution in [0.2, 0.25) is 0 Å². The highest BCUT2D eigenvalue weighted by Gasteiger charge is 2.24. The van der Waals surface area contributed by atoms with Crippen LogP contribution in [-0.2, 0) is 0 Å². The molecule has 0 unspecified atom stereocenters. The van der Waals surface area contributed by atoms with Crippen molar-refractivity contribution in [2.24, 2.45) is 5.92 Å². The largest absolute Gasteiger partial charge is 0.477 e. The van der Waals surface area contributed by atoms with Gasteiger partial charge in [0.2, 0.25) is 0 Å². The smallest absolute Gasteiger partial charge is 0.354 e. The lowest BCUT2D eigenvalue weighted by Crippen LogP contribution is -2.21. The summed E-state index contributed by atoms with van der Waals surface area (Å²) in [5.41, 5.74) is 1.12. The summed E-state index contributed by atoms with van der Waals surface area (Å²) >= 11 is 0. The van der Waals surface area contributed by atoms with Crippen LogP contribution in [0.3, 0.4) is 0 Å². The van der Waals surface area contributed by atoms with Crippen molar-refractivity contribution < 1.29 is 9.90 Å². The van der Waals surface area contributed by atoms with Gasteiger partial charge in [-0.15, -0.1) is 0 Å². The molecule has 1 aliphatic carbocycles. The first-order valence-corrected chi connectivity index (χ1v) is 5.87. The quantitative estimate of drug-likeness (QED) is 0.836. The van der Waals surface area contributed by atoms with Gasteiger partial charge in [0.1, 0.15) is 5.69 Å². The Balaban J connectivity index is 2.22. The lowest BCUT2D eigenvalue weighted by atomic mass is 9.87. The number of carboxylic acids is 1. The molecule has 1 heterocycles. The van der Waals surface area contributed by atoms with Crippen LogP contribution in [0.25, 0.3) is 0 Å². The highest BCUT2D eigenvalue weighted by atomic mass is 16.4. The summed E-state index contributed by atoms with van der Waals surface area (Å²) in [6.07, 6.45) is 4.43. The minimum atomic E-state index is -0.876. The molecule has 1 aliphatic rings. The van der Waals surface area contributed by atoms with Crippen molar-refractivity contribution in [2.45, 2.75) is 45.6 Å². The van der Waals surface area contributed by atoms with E-state index in [1.165, 1.54) is 12.8 Å². The summed E-state index contributed by atoms with van der Waals surface area (Å²) in [4.78, 5) is 11.1. The van der Waals surface area contributed by atoms with Gasteiger partial charge >= 0.3 is 5.97 Å². The van der Waals surface area contributed by atoms with E-state index in [2.05, 4.69) is 12.0 Å². The number of hydrogen-bond donors (Lipinski definition) is 1. The van der Waals surface area contributed by atoms with Crippen LogP contribution in [0.4, 0.5) is 0 Å². The van der Waals surface area contributed by atoms with E-state index >= 15 is 0 Å². The van der Waals surface area contributed by atoms with Gasteiger partial charge < -0.3 is 5.11 Å². The molecule has 0 aromatic carbocycles. The lowest BCUT2D eigenvalue weighted by Gasteiger charge is -2.27. The Kier molecular flexibility index (Phi) is 2.99. The van der Waals surface area contributed by atoms with Crippen LogP contribution in [-0.4, -0.2) is 20.9 Å². The molecule has 0 saturated heterocycles. The minimum absolute atomic E-state index is 0.274. The molecular formula is C12H18N2O2. The number of rotatable bonds is 2. The number of nitrogens with zero attached hydrogens (tertiary/aromatic N) is 2. The molecule has 88 valence electrons. The number of aromatic nitrogens is 2. The second kappa shape index (κ2) is 4.28. The maximum Gasteiger partial charge on any atom is 0.354 e. The van der Waals surface area contributed by atoms with Crippen molar-refractivity contribution in [2.75, 3.05) is 0 Å². The van der Waals surface area contributed by atoms with Crippen LogP contribution in [0.5, 0.6) is 0 Å². The molecule has 2 rings (SSSR count). The van der Waals surface area contributed by atoms with E-state index in [0.717, 1.165) is 24.5 Å². The van der Waals surface area contributed by atoms with E-state index in [9.17, 15) is 4.79 Å². The van der Waals surface area contributed by atoms with Crippen molar-refractivity contribution in [3.8, 4) is 0 Å². The summed E-state index contributed by atoms with van der Waals surface area (Å²) in [5.74, 6) is -0.111. The third-order valence-electron chi connectivity index (χ3n) is 3.41. The van der Waals surface area contributed by atoms with Gasteiger partial charge in [0.25, 0.3) is 0 Å². The molecule has 0 radical (unpaired) electrons. The summed E-state index contributed by atoms with van der Waals surface area (Å²) in [6.45, 7) is 4.09. The third-order valence-corrected chi connectivity index (χ3v) is 3.41. The zero-order valence-corrected chi connectivity index (χ0v) is 9.81. The molecular weight excluding hydrogens is 204 g/mol. The molecule has 16 heavy (non-hydrogen) atoms. The first-order valence-electron chi connectivity index (χ1n) is 5.87. The summed E-state index contributed by atoms with van der Waals surface area (Å²) in [6, 6.07) is 1.93. The fraction of sp³-hybridized carbons (Fsp3) is 0.667. The number of carbonyl (C=O) groups is 1. The Hall–Kier alpha value is -1.32. The Morgan fingerprint density at radius 1 is 1.44 bits per heavy atom. The maximum absolute atomic E-state index is 11.1. The monoisotopic (exact) mass is 222 g/mol. The van der Waals surface area contributed by atoms with E-state index < -0.39 is 5.97 Å². The zero-order valence-electron chi connectivity index (χ0n) is 9.81. The molecule has 0 aliphatic heterocycles. The summed E-state index contributed by atoms with van der Waals surface area (Å²) < 4.78 is 1.71. The number of carboxylic acid groups (broad SMARTS) is 1. The second-order valence-electron chi connectivity index (χ2n) is 4.83. The first-order chi connectivity index (χ1) is 7.58. The fourth-order valence-electron chi connectivity index (χ4n) is 2.44. The Bertz CT molecular complexity index is 390. The summed E-state index contributed by atoms with van der Waals surface area (Å²) in [7, 11) is 0. The van der Waals surface area contributed by atoms with E-state index in [1.807, 2.05) is 6.92 Å². The Morgan fingerprint density at radius 3 is 2.62 bits per heavy atom. The van der Waals surface area contributed by atoms with Crippen molar-refractivity contribution in [3.05, 3.63) is 17.5 Å². The molecule has 1 saturated carbocycles. The van der Waals surface area contributed by atoms with Crippen molar-refractivity contribution in [1.29, 1.82) is 0 Å². The molecule has 1 aromatic rings. The standard InChI is InChI=1S/C12H18N2O2/c1-8-3-5-10(6-4-8)14-11(12(15)16)7-9(2)13-14/h7-8,10H,3-6H2,1-2H3,(H,15,16). The summed E-state index contributed by atoms with van der Waals surface area (Å²) in [5, 5.41) is 13.4. The molecule has 1 fully saturated rings. The Morgan fingerprint density at radius 2 is 2.06 bits per heavy atom. The minimum Gasteiger partial charge on any atom is -0.477 e. The predicted molar refractivity (Wildman–Crippen MR) is 60.6 cm³/mol. The number of aryl methyl sites for hydroxylation is 1. The number of hydrogen-bond acceptors (Lipinski definition) is 2. The van der Waals surface area contributed by atoms with Gasteiger partial charge in [-0.25, -0.2) is 4.79 Å². The molecule has 0 atom stereocenters.